The molecule has 1 aromatic rings. The van der Waals surface area contributed by atoms with Crippen LogP contribution in [-0.2, 0) is 0 Å². The van der Waals surface area contributed by atoms with E-state index in [0.717, 1.165) is 5.56 Å². The molecule has 0 heterocycles. The van der Waals surface area contributed by atoms with Crippen molar-refractivity contribution < 1.29 is 5.11 Å². The number of benzene rings is 1. The van der Waals surface area contributed by atoms with Gasteiger partial charge in [-0.3, -0.25) is 0 Å². The largest absolute Gasteiger partial charge is 0.508 e. The minimum Gasteiger partial charge on any atom is -0.508 e. The summed E-state index contributed by atoms with van der Waals surface area (Å²) in [5.74, 6) is 0.967. The van der Waals surface area contributed by atoms with Crippen molar-refractivity contribution in [2.24, 2.45) is 11.3 Å². The van der Waals surface area contributed by atoms with Gasteiger partial charge in [-0.15, -0.1) is 0 Å². The molecule has 2 rings (SSSR count). The maximum absolute atomic E-state index is 9.67. The lowest BCUT2D eigenvalue weighted by Crippen LogP contribution is -2.20. The number of hydrogen-bond acceptors (Lipinski definition) is 1. The van der Waals surface area contributed by atoms with E-state index in [1.54, 1.807) is 6.07 Å². The Hall–Kier alpha value is -1.50. The number of allylic oxidation sites excluding steroid dienone is 2. The van der Waals surface area contributed by atoms with Crippen molar-refractivity contribution in [1.29, 1.82) is 0 Å². The first-order chi connectivity index (χ1) is 11.0. The second-order valence-electron chi connectivity index (χ2n) is 7.30. The first-order valence-corrected chi connectivity index (χ1v) is 9.26. The van der Waals surface area contributed by atoms with E-state index in [1.165, 1.54) is 50.5 Å². The zero-order valence-corrected chi connectivity index (χ0v) is 15.0. The molecule has 1 nitrogen and oxygen atoms in total. The van der Waals surface area contributed by atoms with E-state index in [0.29, 0.717) is 11.7 Å². The van der Waals surface area contributed by atoms with E-state index in [1.807, 2.05) is 12.1 Å². The maximum Gasteiger partial charge on any atom is 0.116 e. The molecule has 1 N–H and O–H groups in total. The van der Waals surface area contributed by atoms with Crippen LogP contribution in [0.15, 0.2) is 30.4 Å². The topological polar surface area (TPSA) is 20.2 Å². The van der Waals surface area contributed by atoms with E-state index >= 15 is 0 Å². The molecule has 0 saturated carbocycles. The molecule has 0 saturated heterocycles. The number of rotatable bonds is 8. The van der Waals surface area contributed by atoms with E-state index in [2.05, 4.69) is 45.1 Å². The molecule has 23 heavy (non-hydrogen) atoms. The van der Waals surface area contributed by atoms with Crippen LogP contribution in [0.3, 0.4) is 0 Å². The highest BCUT2D eigenvalue weighted by molar-refractivity contribution is 5.69. The predicted octanol–water partition coefficient (Wildman–Crippen LogP) is 6.83. The van der Waals surface area contributed by atoms with Crippen LogP contribution in [0.5, 0.6) is 5.75 Å². The van der Waals surface area contributed by atoms with E-state index < -0.39 is 0 Å². The number of hydrogen-bond donors (Lipinski definition) is 1. The number of aromatic hydroxyl groups is 1. The first kappa shape index (κ1) is 17.8. The monoisotopic (exact) mass is 312 g/mol. The van der Waals surface area contributed by atoms with Crippen molar-refractivity contribution in [3.05, 3.63) is 41.5 Å². The number of unbranched alkanes of at least 4 members (excludes halogenated alkanes) is 5. The van der Waals surface area contributed by atoms with Crippen LogP contribution in [0.1, 0.15) is 76.8 Å². The summed E-state index contributed by atoms with van der Waals surface area (Å²) in [6, 6.07) is 5.61. The van der Waals surface area contributed by atoms with Crippen molar-refractivity contribution in [1.82, 2.24) is 0 Å². The van der Waals surface area contributed by atoms with Gasteiger partial charge in [-0.1, -0.05) is 89.7 Å². The Kier molecular flexibility index (Phi) is 6.50. The van der Waals surface area contributed by atoms with Crippen LogP contribution in [0.4, 0.5) is 0 Å². The summed E-state index contributed by atoms with van der Waals surface area (Å²) in [5, 5.41) is 9.67. The van der Waals surface area contributed by atoms with Crippen molar-refractivity contribution in [3.63, 3.8) is 0 Å². The SMILES string of the molecule is CCCCCCCCC(C)C1(C)C=Cc2ccc(O)cc2C=C1. The Labute approximate surface area is 142 Å². The molecule has 1 aliphatic rings. The Bertz CT molecular complexity index is 555. The van der Waals surface area contributed by atoms with Crippen LogP contribution in [0.25, 0.3) is 12.2 Å². The van der Waals surface area contributed by atoms with Gasteiger partial charge < -0.3 is 5.11 Å². The van der Waals surface area contributed by atoms with Crippen molar-refractivity contribution in [2.45, 2.75) is 65.7 Å². The van der Waals surface area contributed by atoms with Gasteiger partial charge in [0.05, 0.1) is 0 Å². The van der Waals surface area contributed by atoms with Crippen LogP contribution in [0, 0.1) is 11.3 Å². The van der Waals surface area contributed by atoms with Crippen LogP contribution in [-0.4, -0.2) is 5.11 Å². The van der Waals surface area contributed by atoms with Gasteiger partial charge in [0.15, 0.2) is 0 Å². The summed E-state index contributed by atoms with van der Waals surface area (Å²) in [4.78, 5) is 0. The van der Waals surface area contributed by atoms with Gasteiger partial charge >= 0.3 is 0 Å². The molecule has 0 bridgehead atoms. The Morgan fingerprint density at radius 1 is 0.957 bits per heavy atom. The predicted molar refractivity (Wildman–Crippen MR) is 101 cm³/mol. The average molecular weight is 312 g/mol. The van der Waals surface area contributed by atoms with E-state index in [4.69, 9.17) is 0 Å². The second-order valence-corrected chi connectivity index (χ2v) is 7.30. The van der Waals surface area contributed by atoms with Gasteiger partial charge in [-0.05, 0) is 35.6 Å². The molecule has 0 fully saturated rings. The van der Waals surface area contributed by atoms with Gasteiger partial charge in [0.2, 0.25) is 0 Å². The number of phenols is 1. The molecule has 2 unspecified atom stereocenters. The molecule has 1 aromatic carbocycles. The Morgan fingerprint density at radius 2 is 1.61 bits per heavy atom. The molecule has 0 spiro atoms. The summed E-state index contributed by atoms with van der Waals surface area (Å²) in [7, 11) is 0. The highest BCUT2D eigenvalue weighted by atomic mass is 16.3. The molecule has 0 amide bonds. The van der Waals surface area contributed by atoms with Gasteiger partial charge in [-0.2, -0.15) is 0 Å². The molecule has 0 aromatic heterocycles. The maximum atomic E-state index is 9.67. The molecule has 126 valence electrons. The third-order valence-electron chi connectivity index (χ3n) is 5.37. The third-order valence-corrected chi connectivity index (χ3v) is 5.37. The van der Waals surface area contributed by atoms with Crippen molar-refractivity contribution in [2.75, 3.05) is 0 Å². The average Bonchev–Trinajstić information content (AvgIpc) is 2.71. The molecule has 0 radical (unpaired) electrons. The fourth-order valence-electron chi connectivity index (χ4n) is 3.32. The lowest BCUT2D eigenvalue weighted by atomic mass is 9.75. The van der Waals surface area contributed by atoms with Crippen LogP contribution < -0.4 is 0 Å². The Morgan fingerprint density at radius 3 is 2.35 bits per heavy atom. The third kappa shape index (κ3) is 4.99. The van der Waals surface area contributed by atoms with E-state index in [-0.39, 0.29) is 5.41 Å². The fourth-order valence-corrected chi connectivity index (χ4v) is 3.32. The van der Waals surface area contributed by atoms with Gasteiger partial charge in [0.25, 0.3) is 0 Å². The summed E-state index contributed by atoms with van der Waals surface area (Å²) in [5.41, 5.74) is 2.39. The fraction of sp³-hybridized carbons (Fsp3) is 0.545. The van der Waals surface area contributed by atoms with Crippen molar-refractivity contribution in [3.8, 4) is 5.75 Å². The lowest BCUT2D eigenvalue weighted by molar-refractivity contribution is 0.322. The molecular formula is C22H32O. The smallest absolute Gasteiger partial charge is 0.116 e. The summed E-state index contributed by atoms with van der Waals surface area (Å²) in [6.45, 7) is 6.97. The highest BCUT2D eigenvalue weighted by Gasteiger charge is 2.26. The number of fused-ring (bicyclic) bond motifs is 1. The minimum atomic E-state index is 0.0953. The normalized spacial score (nSPS) is 21.0. The molecule has 1 heteroatoms. The molecular weight excluding hydrogens is 280 g/mol. The molecule has 1 aliphatic carbocycles. The standard InChI is InChI=1S/C22H32O/c1-4-5-6-7-8-9-10-18(2)22(3)15-13-19-11-12-21(23)17-20(19)14-16-22/h11-18,23H,4-10H2,1-3H3. The highest BCUT2D eigenvalue weighted by Crippen LogP contribution is 2.38. The molecule has 2 atom stereocenters. The van der Waals surface area contributed by atoms with Crippen LogP contribution >= 0.6 is 0 Å². The minimum absolute atomic E-state index is 0.0953. The summed E-state index contributed by atoms with van der Waals surface area (Å²) < 4.78 is 0. The summed E-state index contributed by atoms with van der Waals surface area (Å²) in [6.07, 6.45) is 18.5. The zero-order chi connectivity index (χ0) is 16.7. The van der Waals surface area contributed by atoms with Gasteiger partial charge in [0, 0.05) is 5.41 Å². The number of phenolic OH excluding ortho intramolecular Hbond substituents is 1. The Balaban J connectivity index is 1.93. The van der Waals surface area contributed by atoms with Crippen molar-refractivity contribution >= 4 is 12.2 Å². The van der Waals surface area contributed by atoms with Gasteiger partial charge in [0.1, 0.15) is 5.75 Å². The van der Waals surface area contributed by atoms with Crippen LogP contribution in [0.2, 0.25) is 0 Å². The van der Waals surface area contributed by atoms with E-state index in [9.17, 15) is 5.11 Å². The second kappa shape index (κ2) is 8.38. The van der Waals surface area contributed by atoms with Gasteiger partial charge in [-0.25, -0.2) is 0 Å². The quantitative estimate of drug-likeness (QED) is 0.522. The molecule has 0 aliphatic heterocycles. The zero-order valence-electron chi connectivity index (χ0n) is 15.0. The lowest BCUT2D eigenvalue weighted by Gasteiger charge is -2.29. The summed E-state index contributed by atoms with van der Waals surface area (Å²) >= 11 is 0. The first-order valence-electron chi connectivity index (χ1n) is 9.26.